The molecule has 0 bridgehead atoms. The van der Waals surface area contributed by atoms with Gasteiger partial charge in [-0.15, -0.1) is 11.3 Å². The highest BCUT2D eigenvalue weighted by molar-refractivity contribution is 7.14. The molecule has 2 amide bonds. The Morgan fingerprint density at radius 1 is 1.25 bits per heavy atom. The molecule has 0 aliphatic carbocycles. The van der Waals surface area contributed by atoms with Gasteiger partial charge in [-0.25, -0.2) is 14.2 Å². The van der Waals surface area contributed by atoms with E-state index in [1.54, 1.807) is 24.6 Å². The second-order valence-electron chi connectivity index (χ2n) is 5.96. The monoisotopic (exact) mass is 397 g/mol. The van der Waals surface area contributed by atoms with Crippen molar-refractivity contribution < 1.29 is 18.3 Å². The number of carbonyl (C=O) groups excluding carboxylic acids is 1. The van der Waals surface area contributed by atoms with Gasteiger partial charge in [-0.3, -0.25) is 5.32 Å². The largest absolute Gasteiger partial charge is 0.493 e. The maximum absolute atomic E-state index is 12.9. The van der Waals surface area contributed by atoms with Crippen molar-refractivity contribution in [1.82, 2.24) is 10.3 Å². The Hall–Kier alpha value is -3.39. The molecule has 0 saturated heterocycles. The number of fused-ring (bicyclic) bond motifs is 1. The van der Waals surface area contributed by atoms with Crippen molar-refractivity contribution in [3.05, 3.63) is 65.3 Å². The van der Waals surface area contributed by atoms with Gasteiger partial charge >= 0.3 is 6.03 Å². The number of methoxy groups -OCH3 is 1. The summed E-state index contributed by atoms with van der Waals surface area (Å²) in [6.45, 7) is 0.285. The molecule has 28 heavy (non-hydrogen) atoms. The Labute approximate surface area is 164 Å². The molecule has 0 aliphatic rings. The predicted octanol–water partition coefficient (Wildman–Crippen LogP) is 5.03. The molecular formula is C20H16FN3O3S. The van der Waals surface area contributed by atoms with Gasteiger partial charge in [-0.2, -0.15) is 0 Å². The summed E-state index contributed by atoms with van der Waals surface area (Å²) in [5.41, 5.74) is 2.07. The third kappa shape index (κ3) is 3.81. The summed E-state index contributed by atoms with van der Waals surface area (Å²) in [5, 5.41) is 8.55. The summed E-state index contributed by atoms with van der Waals surface area (Å²) >= 11 is 1.29. The molecule has 0 aliphatic heterocycles. The summed E-state index contributed by atoms with van der Waals surface area (Å²) in [6.07, 6.45) is 0. The average Bonchev–Trinajstić information content (AvgIpc) is 3.34. The third-order valence-electron chi connectivity index (χ3n) is 4.07. The summed E-state index contributed by atoms with van der Waals surface area (Å²) in [6, 6.07) is 13.1. The van der Waals surface area contributed by atoms with Crippen molar-refractivity contribution in [2.45, 2.75) is 6.54 Å². The number of nitrogens with zero attached hydrogens (tertiary/aromatic N) is 1. The normalized spacial score (nSPS) is 10.8. The summed E-state index contributed by atoms with van der Waals surface area (Å²) in [4.78, 5) is 16.5. The number of hydrogen-bond donors (Lipinski definition) is 2. The van der Waals surface area contributed by atoms with E-state index in [2.05, 4.69) is 15.6 Å². The van der Waals surface area contributed by atoms with E-state index in [0.717, 1.165) is 10.9 Å². The van der Waals surface area contributed by atoms with Crippen LogP contribution in [-0.2, 0) is 6.54 Å². The number of nitrogens with one attached hydrogen (secondary N) is 2. The molecular weight excluding hydrogens is 381 g/mol. The quantitative estimate of drug-likeness (QED) is 0.495. The second-order valence-corrected chi connectivity index (χ2v) is 6.82. The van der Waals surface area contributed by atoms with Crippen molar-refractivity contribution in [1.29, 1.82) is 0 Å². The first-order chi connectivity index (χ1) is 13.6. The number of urea groups is 1. The number of carbonyl (C=O) groups is 1. The Morgan fingerprint density at radius 2 is 2.07 bits per heavy atom. The molecule has 2 N–H and O–H groups in total. The topological polar surface area (TPSA) is 76.4 Å². The molecule has 8 heteroatoms. The molecule has 0 radical (unpaired) electrons. The maximum atomic E-state index is 12.9. The van der Waals surface area contributed by atoms with Gasteiger partial charge in [-0.1, -0.05) is 24.3 Å². The van der Waals surface area contributed by atoms with Crippen molar-refractivity contribution >= 4 is 33.5 Å². The number of furan rings is 1. The lowest BCUT2D eigenvalue weighted by molar-refractivity contribution is 0.251. The van der Waals surface area contributed by atoms with E-state index in [1.807, 2.05) is 24.3 Å². The molecule has 0 fully saturated rings. The van der Waals surface area contributed by atoms with E-state index in [0.29, 0.717) is 27.9 Å². The number of halogens is 1. The average molecular weight is 397 g/mol. The molecule has 6 nitrogen and oxygen atoms in total. The van der Waals surface area contributed by atoms with Crippen LogP contribution in [0, 0.1) is 5.82 Å². The number of aromatic nitrogens is 1. The lowest BCUT2D eigenvalue weighted by atomic mass is 10.2. The Balaban J connectivity index is 1.42. The molecule has 0 spiro atoms. The van der Waals surface area contributed by atoms with Crippen molar-refractivity contribution in [2.24, 2.45) is 0 Å². The SMILES string of the molecule is COc1cccc2cc(-c3csc(NC(=O)NCc4ccc(F)cc4)n3)oc12. The van der Waals surface area contributed by atoms with E-state index in [4.69, 9.17) is 9.15 Å². The molecule has 0 saturated carbocycles. The van der Waals surface area contributed by atoms with Crippen LogP contribution in [-0.4, -0.2) is 18.1 Å². The van der Waals surface area contributed by atoms with Crippen LogP contribution in [0.5, 0.6) is 5.75 Å². The predicted molar refractivity (Wildman–Crippen MR) is 106 cm³/mol. The van der Waals surface area contributed by atoms with Gasteiger partial charge < -0.3 is 14.5 Å². The molecule has 2 aromatic carbocycles. The summed E-state index contributed by atoms with van der Waals surface area (Å²) < 4.78 is 24.1. The molecule has 142 valence electrons. The highest BCUT2D eigenvalue weighted by atomic mass is 32.1. The molecule has 4 aromatic rings. The lowest BCUT2D eigenvalue weighted by Gasteiger charge is -2.05. The number of ether oxygens (including phenoxy) is 1. The Bertz CT molecular complexity index is 1120. The molecule has 0 atom stereocenters. The third-order valence-corrected chi connectivity index (χ3v) is 4.83. The number of thiazole rings is 1. The summed E-state index contributed by atoms with van der Waals surface area (Å²) in [7, 11) is 1.59. The first-order valence-electron chi connectivity index (χ1n) is 8.44. The highest BCUT2D eigenvalue weighted by Crippen LogP contribution is 2.34. The smallest absolute Gasteiger partial charge is 0.321 e. The molecule has 0 unspecified atom stereocenters. The first kappa shape index (κ1) is 18.0. The van der Waals surface area contributed by atoms with E-state index in [-0.39, 0.29) is 12.4 Å². The fraction of sp³-hybridized carbons (Fsp3) is 0.100. The van der Waals surface area contributed by atoms with E-state index in [1.165, 1.54) is 23.5 Å². The van der Waals surface area contributed by atoms with E-state index < -0.39 is 6.03 Å². The Morgan fingerprint density at radius 3 is 2.86 bits per heavy atom. The minimum absolute atomic E-state index is 0.285. The van der Waals surface area contributed by atoms with Gasteiger partial charge in [0.2, 0.25) is 0 Å². The summed E-state index contributed by atoms with van der Waals surface area (Å²) in [5.74, 6) is 0.930. The van der Waals surface area contributed by atoms with Gasteiger partial charge in [0.15, 0.2) is 22.2 Å². The zero-order valence-corrected chi connectivity index (χ0v) is 15.7. The number of anilines is 1. The van der Waals surface area contributed by atoms with Crippen LogP contribution < -0.4 is 15.4 Å². The second kappa shape index (κ2) is 7.69. The minimum atomic E-state index is -0.392. The lowest BCUT2D eigenvalue weighted by Crippen LogP contribution is -2.28. The number of hydrogen-bond acceptors (Lipinski definition) is 5. The fourth-order valence-corrected chi connectivity index (χ4v) is 3.39. The zero-order valence-electron chi connectivity index (χ0n) is 14.9. The van der Waals surface area contributed by atoms with Gasteiger partial charge in [0.05, 0.1) is 7.11 Å². The zero-order chi connectivity index (χ0) is 19.5. The molecule has 2 heterocycles. The van der Waals surface area contributed by atoms with Gasteiger partial charge in [0, 0.05) is 17.3 Å². The number of para-hydroxylation sites is 1. The van der Waals surface area contributed by atoms with Crippen LogP contribution in [0.3, 0.4) is 0 Å². The van der Waals surface area contributed by atoms with Crippen molar-refractivity contribution in [3.8, 4) is 17.2 Å². The van der Waals surface area contributed by atoms with Crippen LogP contribution in [0.2, 0.25) is 0 Å². The van der Waals surface area contributed by atoms with Gasteiger partial charge in [0.25, 0.3) is 0 Å². The number of amides is 2. The van der Waals surface area contributed by atoms with Crippen molar-refractivity contribution in [2.75, 3.05) is 12.4 Å². The molecule has 4 rings (SSSR count). The van der Waals surface area contributed by atoms with Crippen LogP contribution in [0.1, 0.15) is 5.56 Å². The van der Waals surface area contributed by atoms with E-state index >= 15 is 0 Å². The first-order valence-corrected chi connectivity index (χ1v) is 9.32. The van der Waals surface area contributed by atoms with Crippen LogP contribution in [0.25, 0.3) is 22.4 Å². The standard InChI is InChI=1S/C20H16FN3O3S/c1-26-16-4-2-3-13-9-17(27-18(13)16)15-11-28-20(23-15)24-19(25)22-10-12-5-7-14(21)8-6-12/h2-9,11H,10H2,1H3,(H2,22,23,24,25). The van der Waals surface area contributed by atoms with Crippen LogP contribution in [0.4, 0.5) is 14.3 Å². The van der Waals surface area contributed by atoms with Gasteiger partial charge in [0.1, 0.15) is 11.5 Å². The fourth-order valence-electron chi connectivity index (χ4n) is 2.69. The molecule has 2 aromatic heterocycles. The van der Waals surface area contributed by atoms with Gasteiger partial charge in [-0.05, 0) is 29.8 Å². The highest BCUT2D eigenvalue weighted by Gasteiger charge is 2.14. The van der Waals surface area contributed by atoms with Crippen LogP contribution >= 0.6 is 11.3 Å². The maximum Gasteiger partial charge on any atom is 0.321 e. The van der Waals surface area contributed by atoms with Crippen molar-refractivity contribution in [3.63, 3.8) is 0 Å². The minimum Gasteiger partial charge on any atom is -0.493 e. The number of rotatable bonds is 5. The van der Waals surface area contributed by atoms with Crippen LogP contribution in [0.15, 0.2) is 58.3 Å². The number of benzene rings is 2. The Kier molecular flexibility index (Phi) is 4.94. The van der Waals surface area contributed by atoms with E-state index in [9.17, 15) is 9.18 Å².